The normalized spacial score (nSPS) is 12.2. The SMILES string of the molecule is CC(O)CN(C(=O)c1ccc(C#N)[nH]1)C(C)C. The molecule has 0 saturated heterocycles. The van der Waals surface area contributed by atoms with Crippen LogP contribution in [0.4, 0.5) is 0 Å². The summed E-state index contributed by atoms with van der Waals surface area (Å²) in [6.07, 6.45) is -0.577. The van der Waals surface area contributed by atoms with Crippen molar-refractivity contribution in [3.05, 3.63) is 23.5 Å². The van der Waals surface area contributed by atoms with Crippen LogP contribution in [0.2, 0.25) is 0 Å². The van der Waals surface area contributed by atoms with Gasteiger partial charge in [-0.3, -0.25) is 4.79 Å². The van der Waals surface area contributed by atoms with Gasteiger partial charge in [-0.1, -0.05) is 0 Å². The number of aromatic amines is 1. The van der Waals surface area contributed by atoms with Gasteiger partial charge in [-0.05, 0) is 32.9 Å². The third-order valence-corrected chi connectivity index (χ3v) is 2.38. The lowest BCUT2D eigenvalue weighted by molar-refractivity contribution is 0.0574. The van der Waals surface area contributed by atoms with Gasteiger partial charge in [0, 0.05) is 12.6 Å². The monoisotopic (exact) mass is 235 g/mol. The number of carbonyl (C=O) groups is 1. The molecule has 17 heavy (non-hydrogen) atoms. The lowest BCUT2D eigenvalue weighted by atomic mass is 10.2. The van der Waals surface area contributed by atoms with Gasteiger partial charge < -0.3 is 15.0 Å². The largest absolute Gasteiger partial charge is 0.392 e. The Balaban J connectivity index is 2.88. The first-order chi connectivity index (χ1) is 7.95. The van der Waals surface area contributed by atoms with Crippen LogP contribution in [0.3, 0.4) is 0 Å². The summed E-state index contributed by atoms with van der Waals surface area (Å²) in [6.45, 7) is 5.68. The Morgan fingerprint density at radius 2 is 2.18 bits per heavy atom. The minimum Gasteiger partial charge on any atom is -0.392 e. The van der Waals surface area contributed by atoms with Gasteiger partial charge in [0.2, 0.25) is 0 Å². The fraction of sp³-hybridized carbons (Fsp3) is 0.500. The number of aliphatic hydroxyl groups is 1. The van der Waals surface area contributed by atoms with Crippen molar-refractivity contribution in [2.45, 2.75) is 32.9 Å². The minimum absolute atomic E-state index is 0.00839. The van der Waals surface area contributed by atoms with Crippen molar-refractivity contribution >= 4 is 5.91 Å². The van der Waals surface area contributed by atoms with Crippen molar-refractivity contribution in [2.75, 3.05) is 6.54 Å². The van der Waals surface area contributed by atoms with Crippen molar-refractivity contribution in [1.29, 1.82) is 5.26 Å². The first kappa shape index (κ1) is 13.3. The van der Waals surface area contributed by atoms with E-state index in [0.29, 0.717) is 11.4 Å². The van der Waals surface area contributed by atoms with E-state index in [-0.39, 0.29) is 18.5 Å². The summed E-state index contributed by atoms with van der Waals surface area (Å²) in [5, 5.41) is 18.0. The van der Waals surface area contributed by atoms with Crippen LogP contribution in [0.1, 0.15) is 37.0 Å². The smallest absolute Gasteiger partial charge is 0.270 e. The van der Waals surface area contributed by atoms with Crippen LogP contribution in [-0.2, 0) is 0 Å². The van der Waals surface area contributed by atoms with Gasteiger partial charge in [0.25, 0.3) is 5.91 Å². The van der Waals surface area contributed by atoms with Gasteiger partial charge in [0.15, 0.2) is 0 Å². The fourth-order valence-electron chi connectivity index (χ4n) is 1.55. The number of rotatable bonds is 4. The summed E-state index contributed by atoms with van der Waals surface area (Å²) >= 11 is 0. The molecule has 1 aromatic heterocycles. The van der Waals surface area contributed by atoms with Crippen molar-refractivity contribution in [3.63, 3.8) is 0 Å². The Morgan fingerprint density at radius 3 is 2.59 bits per heavy atom. The second-order valence-corrected chi connectivity index (χ2v) is 4.30. The molecule has 1 atom stereocenters. The van der Waals surface area contributed by atoms with Crippen molar-refractivity contribution in [3.8, 4) is 6.07 Å². The number of hydrogen-bond acceptors (Lipinski definition) is 3. The summed E-state index contributed by atoms with van der Waals surface area (Å²) in [5.74, 6) is -0.206. The van der Waals surface area contributed by atoms with E-state index in [9.17, 15) is 9.90 Å². The molecule has 5 nitrogen and oxygen atoms in total. The molecule has 0 radical (unpaired) electrons. The number of hydrogen-bond donors (Lipinski definition) is 2. The molecule has 0 aromatic carbocycles. The maximum atomic E-state index is 12.1. The summed E-state index contributed by atoms with van der Waals surface area (Å²) in [4.78, 5) is 16.4. The molecule has 1 unspecified atom stereocenters. The Kier molecular flexibility index (Phi) is 4.30. The van der Waals surface area contributed by atoms with Crippen LogP contribution in [0.5, 0.6) is 0 Å². The van der Waals surface area contributed by atoms with E-state index in [4.69, 9.17) is 5.26 Å². The van der Waals surface area contributed by atoms with Crippen molar-refractivity contribution in [1.82, 2.24) is 9.88 Å². The first-order valence-corrected chi connectivity index (χ1v) is 5.53. The van der Waals surface area contributed by atoms with Gasteiger partial charge in [-0.25, -0.2) is 0 Å². The second-order valence-electron chi connectivity index (χ2n) is 4.30. The molecule has 0 aliphatic heterocycles. The second kappa shape index (κ2) is 5.51. The van der Waals surface area contributed by atoms with Crippen molar-refractivity contribution in [2.24, 2.45) is 0 Å². The molecule has 0 aliphatic rings. The molecular formula is C12H17N3O2. The average Bonchev–Trinajstić information content (AvgIpc) is 2.72. The molecule has 92 valence electrons. The van der Waals surface area contributed by atoms with E-state index in [1.807, 2.05) is 19.9 Å². The van der Waals surface area contributed by atoms with Gasteiger partial charge in [0.05, 0.1) is 6.10 Å². The van der Waals surface area contributed by atoms with E-state index in [0.717, 1.165) is 0 Å². The Hall–Kier alpha value is -1.80. The zero-order chi connectivity index (χ0) is 13.0. The molecule has 5 heteroatoms. The molecule has 1 heterocycles. The molecule has 2 N–H and O–H groups in total. The number of nitriles is 1. The summed E-state index contributed by atoms with van der Waals surface area (Å²) < 4.78 is 0. The third-order valence-electron chi connectivity index (χ3n) is 2.38. The molecule has 1 amide bonds. The van der Waals surface area contributed by atoms with Crippen LogP contribution in [0, 0.1) is 11.3 Å². The highest BCUT2D eigenvalue weighted by Gasteiger charge is 2.21. The van der Waals surface area contributed by atoms with Gasteiger partial charge in [0.1, 0.15) is 17.5 Å². The molecule has 0 spiro atoms. The predicted octanol–water partition coefficient (Wildman–Crippen LogP) is 1.12. The molecule has 0 bridgehead atoms. The number of aliphatic hydroxyl groups excluding tert-OH is 1. The number of amides is 1. The van der Waals surface area contributed by atoms with Crippen molar-refractivity contribution < 1.29 is 9.90 Å². The van der Waals surface area contributed by atoms with Gasteiger partial charge in [-0.2, -0.15) is 5.26 Å². The number of nitrogens with zero attached hydrogens (tertiary/aromatic N) is 2. The number of nitrogens with one attached hydrogen (secondary N) is 1. The standard InChI is InChI=1S/C12H17N3O2/c1-8(2)15(7-9(3)16)12(17)11-5-4-10(6-13)14-11/h4-5,8-9,14,16H,7H2,1-3H3. The minimum atomic E-state index is -0.577. The third kappa shape index (κ3) is 3.33. The summed E-state index contributed by atoms with van der Waals surface area (Å²) in [5.41, 5.74) is 0.727. The van der Waals surface area contributed by atoms with E-state index in [1.165, 1.54) is 0 Å². The molecule has 1 aromatic rings. The maximum Gasteiger partial charge on any atom is 0.270 e. The highest BCUT2D eigenvalue weighted by atomic mass is 16.3. The Morgan fingerprint density at radius 1 is 1.53 bits per heavy atom. The molecular weight excluding hydrogens is 218 g/mol. The van der Waals surface area contributed by atoms with E-state index in [2.05, 4.69) is 4.98 Å². The average molecular weight is 235 g/mol. The zero-order valence-corrected chi connectivity index (χ0v) is 10.3. The maximum absolute atomic E-state index is 12.1. The van der Waals surface area contributed by atoms with Gasteiger partial charge in [-0.15, -0.1) is 0 Å². The van der Waals surface area contributed by atoms with Crippen LogP contribution >= 0.6 is 0 Å². The predicted molar refractivity (Wildman–Crippen MR) is 63.4 cm³/mol. The van der Waals surface area contributed by atoms with E-state index < -0.39 is 6.10 Å². The summed E-state index contributed by atoms with van der Waals surface area (Å²) in [6, 6.07) is 5.07. The van der Waals surface area contributed by atoms with E-state index in [1.54, 1.807) is 24.0 Å². The lowest BCUT2D eigenvalue weighted by Crippen LogP contribution is -2.41. The molecule has 1 rings (SSSR count). The van der Waals surface area contributed by atoms with Gasteiger partial charge >= 0.3 is 0 Å². The molecule has 0 fully saturated rings. The quantitative estimate of drug-likeness (QED) is 0.820. The highest BCUT2D eigenvalue weighted by Crippen LogP contribution is 2.09. The molecule has 0 aliphatic carbocycles. The fourth-order valence-corrected chi connectivity index (χ4v) is 1.55. The zero-order valence-electron chi connectivity index (χ0n) is 10.3. The Labute approximate surface area is 101 Å². The Bertz CT molecular complexity index is 429. The first-order valence-electron chi connectivity index (χ1n) is 5.53. The van der Waals surface area contributed by atoms with Crippen LogP contribution in [-0.4, -0.2) is 39.6 Å². The summed E-state index contributed by atoms with van der Waals surface area (Å²) in [7, 11) is 0. The van der Waals surface area contributed by atoms with E-state index >= 15 is 0 Å². The van der Waals surface area contributed by atoms with Crippen LogP contribution < -0.4 is 0 Å². The number of carbonyl (C=O) groups excluding carboxylic acids is 1. The van der Waals surface area contributed by atoms with Crippen LogP contribution in [0.15, 0.2) is 12.1 Å². The van der Waals surface area contributed by atoms with Crippen LogP contribution in [0.25, 0.3) is 0 Å². The number of aromatic nitrogens is 1. The highest BCUT2D eigenvalue weighted by molar-refractivity contribution is 5.92. The number of H-pyrrole nitrogens is 1. The topological polar surface area (TPSA) is 80.1 Å². The molecule has 0 saturated carbocycles. The lowest BCUT2D eigenvalue weighted by Gasteiger charge is -2.27.